The Morgan fingerprint density at radius 3 is 2.50 bits per heavy atom. The SMILES string of the molecule is CCc1ccc(C(CN)N(C)C2CCC(C)(C)CC2)o1. The van der Waals surface area contributed by atoms with Crippen LogP contribution in [0.15, 0.2) is 16.5 Å². The molecule has 1 aromatic heterocycles. The standard InChI is InChI=1S/C17H30N2O/c1-5-14-6-7-16(20-14)15(12-18)19(4)13-8-10-17(2,3)11-9-13/h6-7,13,15H,5,8-12,18H2,1-4H3. The van der Waals surface area contributed by atoms with Crippen LogP contribution in [0.2, 0.25) is 0 Å². The molecule has 0 amide bonds. The Hall–Kier alpha value is -0.800. The van der Waals surface area contributed by atoms with Crippen LogP contribution in [0, 0.1) is 5.41 Å². The van der Waals surface area contributed by atoms with Gasteiger partial charge in [0.15, 0.2) is 0 Å². The highest BCUT2D eigenvalue weighted by Gasteiger charge is 2.32. The Balaban J connectivity index is 2.04. The molecule has 0 aliphatic heterocycles. The third-order valence-corrected chi connectivity index (χ3v) is 4.96. The molecule has 0 radical (unpaired) electrons. The Kier molecular flexibility index (Phi) is 4.92. The first-order chi connectivity index (χ1) is 9.46. The molecular formula is C17H30N2O. The minimum Gasteiger partial charge on any atom is -0.464 e. The van der Waals surface area contributed by atoms with E-state index in [-0.39, 0.29) is 6.04 Å². The van der Waals surface area contributed by atoms with Crippen molar-refractivity contribution in [3.63, 3.8) is 0 Å². The van der Waals surface area contributed by atoms with E-state index in [2.05, 4.69) is 44.9 Å². The zero-order chi connectivity index (χ0) is 14.8. The van der Waals surface area contributed by atoms with Crippen LogP contribution < -0.4 is 5.73 Å². The van der Waals surface area contributed by atoms with Crippen LogP contribution >= 0.6 is 0 Å². The lowest BCUT2D eigenvalue weighted by Gasteiger charge is -2.41. The minimum absolute atomic E-state index is 0.210. The quantitative estimate of drug-likeness (QED) is 0.892. The first-order valence-electron chi connectivity index (χ1n) is 7.97. The predicted molar refractivity (Wildman–Crippen MR) is 83.7 cm³/mol. The van der Waals surface area contributed by atoms with Crippen LogP contribution in [0.25, 0.3) is 0 Å². The fourth-order valence-electron chi connectivity index (χ4n) is 3.29. The molecule has 1 unspecified atom stereocenters. The van der Waals surface area contributed by atoms with E-state index in [0.717, 1.165) is 17.9 Å². The van der Waals surface area contributed by atoms with Crippen molar-refractivity contribution in [3.05, 3.63) is 23.7 Å². The normalized spacial score (nSPS) is 21.3. The van der Waals surface area contributed by atoms with Crippen molar-refractivity contribution in [2.24, 2.45) is 11.1 Å². The molecule has 1 atom stereocenters. The van der Waals surface area contributed by atoms with Gasteiger partial charge in [0.2, 0.25) is 0 Å². The zero-order valence-electron chi connectivity index (χ0n) is 13.5. The van der Waals surface area contributed by atoms with Crippen molar-refractivity contribution >= 4 is 0 Å². The lowest BCUT2D eigenvalue weighted by atomic mass is 9.75. The second kappa shape index (κ2) is 6.31. The molecule has 1 aromatic rings. The maximum atomic E-state index is 6.01. The van der Waals surface area contributed by atoms with Crippen LogP contribution in [0.5, 0.6) is 0 Å². The first-order valence-corrected chi connectivity index (χ1v) is 7.97. The average molecular weight is 278 g/mol. The summed E-state index contributed by atoms with van der Waals surface area (Å²) in [5.74, 6) is 2.08. The summed E-state index contributed by atoms with van der Waals surface area (Å²) in [6, 6.07) is 5.02. The van der Waals surface area contributed by atoms with Gasteiger partial charge in [-0.1, -0.05) is 20.8 Å². The molecule has 114 valence electrons. The van der Waals surface area contributed by atoms with Crippen LogP contribution in [-0.4, -0.2) is 24.5 Å². The monoisotopic (exact) mass is 278 g/mol. The van der Waals surface area contributed by atoms with E-state index in [1.807, 2.05) is 0 Å². The number of aryl methyl sites for hydroxylation is 1. The van der Waals surface area contributed by atoms with E-state index in [1.165, 1.54) is 25.7 Å². The van der Waals surface area contributed by atoms with Crippen LogP contribution in [0.3, 0.4) is 0 Å². The molecule has 1 aliphatic rings. The van der Waals surface area contributed by atoms with Gasteiger partial charge in [-0.2, -0.15) is 0 Å². The van der Waals surface area contributed by atoms with Crippen molar-refractivity contribution < 1.29 is 4.42 Å². The summed E-state index contributed by atoms with van der Waals surface area (Å²) >= 11 is 0. The second-order valence-electron chi connectivity index (χ2n) is 6.97. The number of likely N-dealkylation sites (N-methyl/N-ethyl adjacent to an activating group) is 1. The molecule has 2 N–H and O–H groups in total. The highest BCUT2D eigenvalue weighted by atomic mass is 16.3. The molecule has 0 spiro atoms. The van der Waals surface area contributed by atoms with E-state index < -0.39 is 0 Å². The molecule has 1 fully saturated rings. The summed E-state index contributed by atoms with van der Waals surface area (Å²) in [5.41, 5.74) is 6.52. The lowest BCUT2D eigenvalue weighted by Crippen LogP contribution is -2.41. The van der Waals surface area contributed by atoms with Crippen LogP contribution in [0.4, 0.5) is 0 Å². The Morgan fingerprint density at radius 1 is 1.35 bits per heavy atom. The Labute approximate surface area is 123 Å². The number of hydrogen-bond donors (Lipinski definition) is 1. The third kappa shape index (κ3) is 3.44. The van der Waals surface area contributed by atoms with Crippen molar-refractivity contribution in [3.8, 4) is 0 Å². The molecule has 1 saturated carbocycles. The summed E-state index contributed by atoms with van der Waals surface area (Å²) in [6.45, 7) is 7.49. The van der Waals surface area contributed by atoms with Gasteiger partial charge >= 0.3 is 0 Å². The fourth-order valence-corrected chi connectivity index (χ4v) is 3.29. The second-order valence-corrected chi connectivity index (χ2v) is 6.97. The van der Waals surface area contributed by atoms with Crippen molar-refractivity contribution in [2.75, 3.05) is 13.6 Å². The van der Waals surface area contributed by atoms with Gasteiger partial charge in [0.05, 0.1) is 6.04 Å². The van der Waals surface area contributed by atoms with Crippen LogP contribution in [0.1, 0.15) is 64.0 Å². The zero-order valence-corrected chi connectivity index (χ0v) is 13.5. The van der Waals surface area contributed by atoms with Crippen molar-refractivity contribution in [1.82, 2.24) is 4.90 Å². The molecule has 3 heteroatoms. The summed E-state index contributed by atoms with van der Waals surface area (Å²) in [7, 11) is 2.20. The molecule has 2 rings (SSSR count). The molecule has 0 saturated heterocycles. The largest absolute Gasteiger partial charge is 0.464 e. The van der Waals surface area contributed by atoms with Gasteiger partial charge in [-0.3, -0.25) is 4.90 Å². The third-order valence-electron chi connectivity index (χ3n) is 4.96. The summed E-state index contributed by atoms with van der Waals surface area (Å²) < 4.78 is 5.92. The maximum absolute atomic E-state index is 6.01. The van der Waals surface area contributed by atoms with Gasteiger partial charge in [0, 0.05) is 19.0 Å². The van der Waals surface area contributed by atoms with Crippen molar-refractivity contribution in [2.45, 2.75) is 65.0 Å². The van der Waals surface area contributed by atoms with Gasteiger partial charge in [-0.25, -0.2) is 0 Å². The topological polar surface area (TPSA) is 42.4 Å². The van der Waals surface area contributed by atoms with E-state index in [0.29, 0.717) is 18.0 Å². The summed E-state index contributed by atoms with van der Waals surface area (Å²) in [6.07, 6.45) is 6.08. The average Bonchev–Trinajstić information content (AvgIpc) is 2.88. The first kappa shape index (κ1) is 15.6. The molecule has 1 aliphatic carbocycles. The number of nitrogens with zero attached hydrogens (tertiary/aromatic N) is 1. The minimum atomic E-state index is 0.210. The predicted octanol–water partition coefficient (Wildman–Crippen LogP) is 3.74. The molecule has 0 aromatic carbocycles. The number of rotatable bonds is 5. The molecular weight excluding hydrogens is 248 g/mol. The van der Waals surface area contributed by atoms with Crippen molar-refractivity contribution in [1.29, 1.82) is 0 Å². The van der Waals surface area contributed by atoms with Gasteiger partial charge in [-0.15, -0.1) is 0 Å². The summed E-state index contributed by atoms with van der Waals surface area (Å²) in [4.78, 5) is 2.44. The fraction of sp³-hybridized carbons (Fsp3) is 0.765. The van der Waals surface area contributed by atoms with E-state index >= 15 is 0 Å². The molecule has 1 heterocycles. The van der Waals surface area contributed by atoms with Gasteiger partial charge in [-0.05, 0) is 50.3 Å². The molecule has 0 bridgehead atoms. The smallest absolute Gasteiger partial charge is 0.122 e. The lowest BCUT2D eigenvalue weighted by molar-refractivity contribution is 0.0878. The van der Waals surface area contributed by atoms with E-state index in [1.54, 1.807) is 0 Å². The highest BCUT2D eigenvalue weighted by molar-refractivity contribution is 5.11. The van der Waals surface area contributed by atoms with E-state index in [4.69, 9.17) is 10.2 Å². The van der Waals surface area contributed by atoms with E-state index in [9.17, 15) is 0 Å². The molecule has 3 nitrogen and oxygen atoms in total. The Morgan fingerprint density at radius 2 is 2.00 bits per heavy atom. The molecule has 20 heavy (non-hydrogen) atoms. The maximum Gasteiger partial charge on any atom is 0.122 e. The van der Waals surface area contributed by atoms with Gasteiger partial charge < -0.3 is 10.2 Å². The van der Waals surface area contributed by atoms with Crippen LogP contribution in [-0.2, 0) is 6.42 Å². The summed E-state index contributed by atoms with van der Waals surface area (Å²) in [5, 5.41) is 0. The highest BCUT2D eigenvalue weighted by Crippen LogP contribution is 2.38. The number of hydrogen-bond acceptors (Lipinski definition) is 3. The number of nitrogens with two attached hydrogens (primary N) is 1. The Bertz CT molecular complexity index is 414. The number of furan rings is 1. The van der Waals surface area contributed by atoms with Gasteiger partial charge in [0.1, 0.15) is 11.5 Å². The van der Waals surface area contributed by atoms with Gasteiger partial charge in [0.25, 0.3) is 0 Å².